The average molecular weight is 333 g/mol. The van der Waals surface area contributed by atoms with Crippen LogP contribution in [0.1, 0.15) is 23.2 Å². The van der Waals surface area contributed by atoms with Crippen LogP contribution in [-0.2, 0) is 9.59 Å². The third-order valence-corrected chi connectivity index (χ3v) is 3.83. The summed E-state index contributed by atoms with van der Waals surface area (Å²) >= 11 is 0. The van der Waals surface area contributed by atoms with Gasteiger partial charge in [0.2, 0.25) is 5.91 Å². The number of Topliss-reactive ketones (excluding diaryl/α,β-unsaturated/α-hetero) is 1. The monoisotopic (exact) mass is 333 g/mol. The Balaban J connectivity index is 1.91. The lowest BCUT2D eigenvalue weighted by atomic mass is 10.0. The maximum atomic E-state index is 12.3. The fourth-order valence-electron chi connectivity index (χ4n) is 2.32. The molecule has 1 aliphatic heterocycles. The molecule has 0 saturated carbocycles. The lowest BCUT2D eigenvalue weighted by molar-refractivity contribution is -0.121. The second-order valence-electron chi connectivity index (χ2n) is 6.00. The number of amides is 2. The van der Waals surface area contributed by atoms with E-state index in [1.165, 1.54) is 4.90 Å². The quantitative estimate of drug-likeness (QED) is 0.743. The van der Waals surface area contributed by atoms with Crippen LogP contribution in [0, 0.1) is 0 Å². The van der Waals surface area contributed by atoms with E-state index in [-0.39, 0.29) is 37.0 Å². The Morgan fingerprint density at radius 3 is 2.75 bits per heavy atom. The summed E-state index contributed by atoms with van der Waals surface area (Å²) in [6.45, 7) is 1.32. The van der Waals surface area contributed by atoms with Crippen LogP contribution in [0.5, 0.6) is 5.75 Å². The molecule has 0 saturated heterocycles. The summed E-state index contributed by atoms with van der Waals surface area (Å²) in [6, 6.07) is 4.98. The second-order valence-corrected chi connectivity index (χ2v) is 6.00. The number of benzene rings is 1. The lowest BCUT2D eigenvalue weighted by Crippen LogP contribution is -2.35. The molecule has 0 unspecified atom stereocenters. The molecule has 1 heterocycles. The number of hydrogen-bond donors (Lipinski definition) is 1. The van der Waals surface area contributed by atoms with Crippen molar-refractivity contribution in [1.82, 2.24) is 10.2 Å². The molecule has 0 spiro atoms. The minimum absolute atomic E-state index is 0.00388. The summed E-state index contributed by atoms with van der Waals surface area (Å²) in [6.07, 6.45) is 0.277. The molecule has 0 fully saturated rings. The number of nitrogens with zero attached hydrogens (tertiary/aromatic N) is 2. The zero-order chi connectivity index (χ0) is 17.7. The van der Waals surface area contributed by atoms with E-state index in [0.717, 1.165) is 6.54 Å². The van der Waals surface area contributed by atoms with Gasteiger partial charge < -0.3 is 19.9 Å². The summed E-state index contributed by atoms with van der Waals surface area (Å²) < 4.78 is 5.33. The van der Waals surface area contributed by atoms with Crippen LogP contribution in [0.3, 0.4) is 0 Å². The number of carbonyl (C=O) groups excluding carboxylic acids is 3. The van der Waals surface area contributed by atoms with Crippen molar-refractivity contribution in [2.45, 2.75) is 12.8 Å². The van der Waals surface area contributed by atoms with Gasteiger partial charge in [-0.25, -0.2) is 0 Å². The van der Waals surface area contributed by atoms with E-state index < -0.39 is 0 Å². The number of anilines is 1. The van der Waals surface area contributed by atoms with Crippen molar-refractivity contribution in [2.24, 2.45) is 0 Å². The molecule has 1 aromatic carbocycles. The van der Waals surface area contributed by atoms with Gasteiger partial charge in [-0.1, -0.05) is 0 Å². The molecule has 7 nitrogen and oxygen atoms in total. The Morgan fingerprint density at radius 1 is 1.29 bits per heavy atom. The molecule has 0 bridgehead atoms. The van der Waals surface area contributed by atoms with E-state index in [1.54, 1.807) is 25.2 Å². The van der Waals surface area contributed by atoms with Gasteiger partial charge in [0.1, 0.15) is 5.75 Å². The third kappa shape index (κ3) is 4.55. The van der Waals surface area contributed by atoms with Crippen molar-refractivity contribution >= 4 is 23.3 Å². The van der Waals surface area contributed by atoms with Crippen LogP contribution in [0.2, 0.25) is 0 Å². The Kier molecular flexibility index (Phi) is 5.92. The van der Waals surface area contributed by atoms with Gasteiger partial charge in [-0.2, -0.15) is 0 Å². The Labute approximate surface area is 141 Å². The molecule has 1 aliphatic rings. The van der Waals surface area contributed by atoms with Gasteiger partial charge in [0.25, 0.3) is 5.91 Å². The number of rotatable bonds is 7. The summed E-state index contributed by atoms with van der Waals surface area (Å²) in [4.78, 5) is 39.1. The summed E-state index contributed by atoms with van der Waals surface area (Å²) in [5.74, 6) is 0.146. The first kappa shape index (κ1) is 17.9. The van der Waals surface area contributed by atoms with E-state index in [2.05, 4.69) is 5.32 Å². The second kappa shape index (κ2) is 7.92. The van der Waals surface area contributed by atoms with Gasteiger partial charge in [-0.05, 0) is 32.3 Å². The summed E-state index contributed by atoms with van der Waals surface area (Å²) in [5, 5.41) is 2.78. The highest BCUT2D eigenvalue weighted by molar-refractivity contribution is 6.02. The van der Waals surface area contributed by atoms with Gasteiger partial charge >= 0.3 is 0 Å². The van der Waals surface area contributed by atoms with E-state index in [0.29, 0.717) is 23.5 Å². The van der Waals surface area contributed by atoms with Crippen molar-refractivity contribution < 1.29 is 19.1 Å². The summed E-state index contributed by atoms with van der Waals surface area (Å²) in [5.41, 5.74) is 1.05. The molecule has 1 aromatic rings. The zero-order valence-electron chi connectivity index (χ0n) is 14.3. The molecule has 0 radical (unpaired) electrons. The minimum Gasteiger partial charge on any atom is -0.482 e. The first-order valence-electron chi connectivity index (χ1n) is 7.86. The third-order valence-electron chi connectivity index (χ3n) is 3.83. The van der Waals surface area contributed by atoms with E-state index >= 15 is 0 Å². The van der Waals surface area contributed by atoms with Crippen molar-refractivity contribution in [3.05, 3.63) is 23.8 Å². The predicted octanol–water partition coefficient (Wildman–Crippen LogP) is 0.682. The molecule has 0 atom stereocenters. The number of carbonyl (C=O) groups is 3. The van der Waals surface area contributed by atoms with Gasteiger partial charge in [0.15, 0.2) is 12.4 Å². The Morgan fingerprint density at radius 2 is 2.04 bits per heavy atom. The SMILES string of the molecule is CN(C)CCNC(=O)CCC(=O)c1ccc2c(c1)N(C)C(=O)CO2. The van der Waals surface area contributed by atoms with Crippen molar-refractivity contribution in [1.29, 1.82) is 0 Å². The highest BCUT2D eigenvalue weighted by Gasteiger charge is 2.23. The molecule has 24 heavy (non-hydrogen) atoms. The fraction of sp³-hybridized carbons (Fsp3) is 0.471. The minimum atomic E-state index is -0.160. The predicted molar refractivity (Wildman–Crippen MR) is 90.5 cm³/mol. The largest absolute Gasteiger partial charge is 0.482 e. The van der Waals surface area contributed by atoms with Crippen LogP contribution in [0.4, 0.5) is 5.69 Å². The molecule has 7 heteroatoms. The standard InChI is InChI=1S/C17H23N3O4/c1-19(2)9-8-18-16(22)7-5-14(21)12-4-6-15-13(10-12)20(3)17(23)11-24-15/h4,6,10H,5,7-9,11H2,1-3H3,(H,18,22). The maximum Gasteiger partial charge on any atom is 0.264 e. The molecule has 1 N–H and O–H groups in total. The highest BCUT2D eigenvalue weighted by Crippen LogP contribution is 2.32. The van der Waals surface area contributed by atoms with Gasteiger partial charge in [0, 0.05) is 38.5 Å². The number of likely N-dealkylation sites (N-methyl/N-ethyl adjacent to an activating group) is 2. The smallest absolute Gasteiger partial charge is 0.264 e. The first-order valence-corrected chi connectivity index (χ1v) is 7.86. The first-order chi connectivity index (χ1) is 11.4. The van der Waals surface area contributed by atoms with Gasteiger partial charge in [0.05, 0.1) is 5.69 Å². The molecule has 2 rings (SSSR count). The van der Waals surface area contributed by atoms with Crippen molar-refractivity contribution in [3.63, 3.8) is 0 Å². The molecular formula is C17H23N3O4. The molecular weight excluding hydrogens is 310 g/mol. The lowest BCUT2D eigenvalue weighted by Gasteiger charge is -2.26. The number of hydrogen-bond acceptors (Lipinski definition) is 5. The number of ether oxygens (including phenoxy) is 1. The Bertz CT molecular complexity index is 643. The normalized spacial score (nSPS) is 13.5. The number of fused-ring (bicyclic) bond motifs is 1. The van der Waals surface area contributed by atoms with Crippen LogP contribution >= 0.6 is 0 Å². The van der Waals surface area contributed by atoms with Crippen LogP contribution in [0.25, 0.3) is 0 Å². The fourth-order valence-corrected chi connectivity index (χ4v) is 2.32. The number of ketones is 1. The summed E-state index contributed by atoms with van der Waals surface area (Å²) in [7, 11) is 5.50. The van der Waals surface area contributed by atoms with Crippen molar-refractivity contribution in [2.75, 3.05) is 45.7 Å². The van der Waals surface area contributed by atoms with E-state index in [9.17, 15) is 14.4 Å². The maximum absolute atomic E-state index is 12.3. The van der Waals surface area contributed by atoms with Crippen LogP contribution < -0.4 is 15.0 Å². The molecule has 0 aromatic heterocycles. The topological polar surface area (TPSA) is 79.0 Å². The zero-order valence-corrected chi connectivity index (χ0v) is 14.3. The molecule has 2 amide bonds. The molecule has 130 valence electrons. The molecule has 0 aliphatic carbocycles. The average Bonchev–Trinajstić information content (AvgIpc) is 2.55. The number of nitrogens with one attached hydrogen (secondary N) is 1. The van der Waals surface area contributed by atoms with Gasteiger partial charge in [-0.3, -0.25) is 14.4 Å². The highest BCUT2D eigenvalue weighted by atomic mass is 16.5. The van der Waals surface area contributed by atoms with E-state index in [1.807, 2.05) is 19.0 Å². The van der Waals surface area contributed by atoms with E-state index in [4.69, 9.17) is 4.74 Å². The Hall–Kier alpha value is -2.41. The van der Waals surface area contributed by atoms with Crippen molar-refractivity contribution in [3.8, 4) is 5.75 Å². The van der Waals surface area contributed by atoms with Crippen LogP contribution in [-0.4, -0.2) is 63.3 Å². The van der Waals surface area contributed by atoms with Crippen LogP contribution in [0.15, 0.2) is 18.2 Å². The van der Waals surface area contributed by atoms with Gasteiger partial charge in [-0.15, -0.1) is 0 Å².